The highest BCUT2D eigenvalue weighted by Gasteiger charge is 2.12. The summed E-state index contributed by atoms with van der Waals surface area (Å²) >= 11 is 8.34. The maximum Gasteiger partial charge on any atom is 0.0787 e. The SMILES string of the molecule is CCn1nc(C)c(Br)c1CC(N)=S. The molecule has 0 aliphatic heterocycles. The van der Waals surface area contributed by atoms with E-state index in [0.717, 1.165) is 22.4 Å². The van der Waals surface area contributed by atoms with Crippen LogP contribution in [0.25, 0.3) is 0 Å². The maximum atomic E-state index is 5.50. The van der Waals surface area contributed by atoms with Crippen LogP contribution >= 0.6 is 28.1 Å². The van der Waals surface area contributed by atoms with Gasteiger partial charge in [0.1, 0.15) is 0 Å². The van der Waals surface area contributed by atoms with Gasteiger partial charge in [-0.05, 0) is 29.8 Å². The third-order valence-electron chi connectivity index (χ3n) is 1.79. The standard InChI is InChI=1S/C8H12BrN3S/c1-3-12-6(4-7(10)13)8(9)5(2)11-12/h3-4H2,1-2H3,(H2,10,13). The molecule has 0 bridgehead atoms. The predicted octanol–water partition coefficient (Wildman–Crippen LogP) is 1.80. The van der Waals surface area contributed by atoms with E-state index in [4.69, 9.17) is 18.0 Å². The first-order valence-corrected chi connectivity index (χ1v) is 5.26. The molecule has 0 aromatic carbocycles. The quantitative estimate of drug-likeness (QED) is 0.845. The molecule has 0 amide bonds. The number of nitrogens with zero attached hydrogens (tertiary/aromatic N) is 2. The molecule has 2 N–H and O–H groups in total. The molecule has 1 heterocycles. The van der Waals surface area contributed by atoms with Crippen LogP contribution in [-0.4, -0.2) is 14.8 Å². The molecule has 0 saturated carbocycles. The second-order valence-electron chi connectivity index (χ2n) is 2.80. The summed E-state index contributed by atoms with van der Waals surface area (Å²) in [5.41, 5.74) is 7.54. The van der Waals surface area contributed by atoms with E-state index in [1.165, 1.54) is 0 Å². The van der Waals surface area contributed by atoms with E-state index in [9.17, 15) is 0 Å². The zero-order valence-electron chi connectivity index (χ0n) is 7.67. The lowest BCUT2D eigenvalue weighted by Crippen LogP contribution is -2.15. The van der Waals surface area contributed by atoms with E-state index in [0.29, 0.717) is 11.4 Å². The second-order valence-corrected chi connectivity index (χ2v) is 4.12. The van der Waals surface area contributed by atoms with Crippen molar-refractivity contribution in [3.8, 4) is 0 Å². The largest absolute Gasteiger partial charge is 0.393 e. The second kappa shape index (κ2) is 4.19. The Morgan fingerprint density at radius 2 is 2.31 bits per heavy atom. The highest BCUT2D eigenvalue weighted by atomic mass is 79.9. The van der Waals surface area contributed by atoms with Crippen LogP contribution in [0.5, 0.6) is 0 Å². The van der Waals surface area contributed by atoms with Gasteiger partial charge >= 0.3 is 0 Å². The molecule has 0 radical (unpaired) electrons. The van der Waals surface area contributed by atoms with Crippen LogP contribution < -0.4 is 5.73 Å². The molecule has 0 saturated heterocycles. The molecular formula is C8H12BrN3S. The molecule has 0 fully saturated rings. The Bertz CT molecular complexity index is 332. The van der Waals surface area contributed by atoms with Gasteiger partial charge in [0.25, 0.3) is 0 Å². The summed E-state index contributed by atoms with van der Waals surface area (Å²) in [6.45, 7) is 4.84. The topological polar surface area (TPSA) is 43.8 Å². The molecule has 0 unspecified atom stereocenters. The van der Waals surface area contributed by atoms with Crippen LogP contribution in [-0.2, 0) is 13.0 Å². The zero-order chi connectivity index (χ0) is 10.0. The average molecular weight is 262 g/mol. The van der Waals surface area contributed by atoms with Crippen LogP contribution in [0.2, 0.25) is 0 Å². The van der Waals surface area contributed by atoms with Gasteiger partial charge < -0.3 is 5.73 Å². The van der Waals surface area contributed by atoms with Gasteiger partial charge in [0.15, 0.2) is 0 Å². The van der Waals surface area contributed by atoms with Crippen molar-refractivity contribution in [2.45, 2.75) is 26.8 Å². The fraction of sp³-hybridized carbons (Fsp3) is 0.500. The molecule has 0 aliphatic carbocycles. The van der Waals surface area contributed by atoms with Crippen molar-refractivity contribution < 1.29 is 0 Å². The van der Waals surface area contributed by atoms with Crippen LogP contribution in [0, 0.1) is 6.92 Å². The number of aromatic nitrogens is 2. The monoisotopic (exact) mass is 261 g/mol. The Balaban J connectivity index is 3.08. The van der Waals surface area contributed by atoms with Crippen LogP contribution in [0.15, 0.2) is 4.47 Å². The number of thiocarbonyl (C=S) groups is 1. The first-order valence-electron chi connectivity index (χ1n) is 4.06. The van der Waals surface area contributed by atoms with E-state index >= 15 is 0 Å². The number of aryl methyl sites for hydroxylation is 2. The molecule has 0 atom stereocenters. The van der Waals surface area contributed by atoms with Crippen molar-refractivity contribution >= 4 is 33.1 Å². The molecule has 0 aliphatic rings. The fourth-order valence-corrected chi connectivity index (χ4v) is 1.76. The number of nitrogens with two attached hydrogens (primary N) is 1. The molecule has 1 aromatic rings. The highest BCUT2D eigenvalue weighted by Crippen LogP contribution is 2.21. The van der Waals surface area contributed by atoms with E-state index in [1.807, 2.05) is 18.5 Å². The lowest BCUT2D eigenvalue weighted by molar-refractivity contribution is 0.629. The van der Waals surface area contributed by atoms with Gasteiger partial charge in [-0.15, -0.1) is 0 Å². The van der Waals surface area contributed by atoms with Crippen LogP contribution in [0.3, 0.4) is 0 Å². The number of rotatable bonds is 3. The average Bonchev–Trinajstić information content (AvgIpc) is 2.31. The molecule has 72 valence electrons. The minimum absolute atomic E-state index is 0.496. The van der Waals surface area contributed by atoms with Crippen molar-refractivity contribution in [2.75, 3.05) is 0 Å². The van der Waals surface area contributed by atoms with Crippen molar-refractivity contribution in [2.24, 2.45) is 5.73 Å². The summed E-state index contributed by atoms with van der Waals surface area (Å²) in [7, 11) is 0. The van der Waals surface area contributed by atoms with E-state index < -0.39 is 0 Å². The van der Waals surface area contributed by atoms with Gasteiger partial charge in [-0.2, -0.15) is 5.10 Å². The zero-order valence-corrected chi connectivity index (χ0v) is 10.1. The lowest BCUT2D eigenvalue weighted by atomic mass is 10.3. The Morgan fingerprint density at radius 1 is 1.69 bits per heavy atom. The van der Waals surface area contributed by atoms with Gasteiger partial charge in [-0.1, -0.05) is 12.2 Å². The molecule has 13 heavy (non-hydrogen) atoms. The first kappa shape index (κ1) is 10.7. The Kier molecular flexibility index (Phi) is 3.44. The van der Waals surface area contributed by atoms with Gasteiger partial charge in [0, 0.05) is 13.0 Å². The minimum atomic E-state index is 0.496. The summed E-state index contributed by atoms with van der Waals surface area (Å²) in [6, 6.07) is 0. The summed E-state index contributed by atoms with van der Waals surface area (Å²) in [4.78, 5) is 0.496. The molecular weight excluding hydrogens is 250 g/mol. The van der Waals surface area contributed by atoms with Crippen molar-refractivity contribution in [1.82, 2.24) is 9.78 Å². The van der Waals surface area contributed by atoms with Crippen molar-refractivity contribution in [3.63, 3.8) is 0 Å². The number of hydrogen-bond acceptors (Lipinski definition) is 2. The van der Waals surface area contributed by atoms with Gasteiger partial charge in [0.2, 0.25) is 0 Å². The van der Waals surface area contributed by atoms with E-state index in [2.05, 4.69) is 21.0 Å². The van der Waals surface area contributed by atoms with E-state index in [1.54, 1.807) is 0 Å². The third-order valence-corrected chi connectivity index (χ3v) is 2.97. The molecule has 1 aromatic heterocycles. The smallest absolute Gasteiger partial charge is 0.0787 e. The van der Waals surface area contributed by atoms with Crippen LogP contribution in [0.4, 0.5) is 0 Å². The maximum absolute atomic E-state index is 5.50. The summed E-state index contributed by atoms with van der Waals surface area (Å²) in [5, 5.41) is 4.34. The normalized spacial score (nSPS) is 10.4. The number of halogens is 1. The fourth-order valence-electron chi connectivity index (χ4n) is 1.20. The Morgan fingerprint density at radius 3 is 2.77 bits per heavy atom. The summed E-state index contributed by atoms with van der Waals surface area (Å²) in [6.07, 6.45) is 0.602. The van der Waals surface area contributed by atoms with Gasteiger partial charge in [-0.3, -0.25) is 4.68 Å². The summed E-state index contributed by atoms with van der Waals surface area (Å²) in [5.74, 6) is 0. The molecule has 0 spiro atoms. The minimum Gasteiger partial charge on any atom is -0.393 e. The number of hydrogen-bond donors (Lipinski definition) is 1. The highest BCUT2D eigenvalue weighted by molar-refractivity contribution is 9.10. The summed E-state index contributed by atoms with van der Waals surface area (Å²) < 4.78 is 2.93. The van der Waals surface area contributed by atoms with Gasteiger partial charge in [-0.25, -0.2) is 0 Å². The van der Waals surface area contributed by atoms with Crippen molar-refractivity contribution in [1.29, 1.82) is 0 Å². The Labute approximate surface area is 91.4 Å². The first-order chi connectivity index (χ1) is 6.06. The van der Waals surface area contributed by atoms with Crippen molar-refractivity contribution in [3.05, 3.63) is 15.9 Å². The predicted molar refractivity (Wildman–Crippen MR) is 60.8 cm³/mol. The molecule has 1 rings (SSSR count). The third kappa shape index (κ3) is 2.28. The van der Waals surface area contributed by atoms with Gasteiger partial charge in [0.05, 0.1) is 20.8 Å². The molecule has 3 nitrogen and oxygen atoms in total. The Hall–Kier alpha value is -0.420. The molecule has 5 heteroatoms. The lowest BCUT2D eigenvalue weighted by Gasteiger charge is -2.03. The van der Waals surface area contributed by atoms with Crippen LogP contribution in [0.1, 0.15) is 18.3 Å². The van der Waals surface area contributed by atoms with E-state index in [-0.39, 0.29) is 0 Å².